The van der Waals surface area contributed by atoms with Gasteiger partial charge in [-0.1, -0.05) is 38.1 Å². The normalized spacial score (nSPS) is 16.3. The third-order valence-electron chi connectivity index (χ3n) is 5.38. The molecule has 1 N–H and O–H groups in total. The molecule has 6 heteroatoms. The molecule has 31 heavy (non-hydrogen) atoms. The second kappa shape index (κ2) is 9.25. The fourth-order valence-electron chi connectivity index (χ4n) is 3.78. The number of aliphatic hydroxyl groups excluding tert-OH is 1. The number of aliphatic hydroxyl groups is 1. The molecule has 0 aromatic heterocycles. The van der Waals surface area contributed by atoms with Gasteiger partial charge in [-0.15, -0.1) is 0 Å². The van der Waals surface area contributed by atoms with Crippen LogP contribution in [0.2, 0.25) is 0 Å². The van der Waals surface area contributed by atoms with Gasteiger partial charge in [0, 0.05) is 32.2 Å². The Labute approximate surface area is 183 Å². The molecule has 1 aliphatic rings. The average Bonchev–Trinajstić information content (AvgIpc) is 2.98. The Morgan fingerprint density at radius 1 is 1.16 bits per heavy atom. The predicted molar refractivity (Wildman–Crippen MR) is 121 cm³/mol. The summed E-state index contributed by atoms with van der Waals surface area (Å²) >= 11 is 0. The van der Waals surface area contributed by atoms with Gasteiger partial charge in [0.1, 0.15) is 5.75 Å². The maximum absolute atomic E-state index is 13.0. The molecule has 1 unspecified atom stereocenters. The molecule has 1 amide bonds. The summed E-state index contributed by atoms with van der Waals surface area (Å²) in [5, 5.41) is 10.7. The number of Topliss-reactive ketones (excluding diaryl/α,β-unsaturated/α-hetero) is 1. The van der Waals surface area contributed by atoms with Crippen LogP contribution in [0, 0.1) is 5.92 Å². The van der Waals surface area contributed by atoms with E-state index >= 15 is 0 Å². The number of ketones is 1. The largest absolute Gasteiger partial charge is 0.503 e. The number of nitrogens with zero attached hydrogens (tertiary/aromatic N) is 2. The Kier molecular flexibility index (Phi) is 6.68. The lowest BCUT2D eigenvalue weighted by atomic mass is 9.91. The minimum atomic E-state index is -0.644. The van der Waals surface area contributed by atoms with Crippen LogP contribution >= 0.6 is 0 Å². The lowest BCUT2D eigenvalue weighted by Gasteiger charge is -2.28. The highest BCUT2D eigenvalue weighted by atomic mass is 16.5. The molecule has 3 rings (SSSR count). The van der Waals surface area contributed by atoms with Crippen molar-refractivity contribution in [2.24, 2.45) is 5.92 Å². The third-order valence-corrected chi connectivity index (χ3v) is 5.38. The van der Waals surface area contributed by atoms with Gasteiger partial charge in [0.15, 0.2) is 11.5 Å². The van der Waals surface area contributed by atoms with Crippen LogP contribution in [-0.4, -0.2) is 42.4 Å². The highest BCUT2D eigenvalue weighted by molar-refractivity contribution is 6.09. The fourth-order valence-corrected chi connectivity index (χ4v) is 3.78. The molecule has 164 valence electrons. The summed E-state index contributed by atoms with van der Waals surface area (Å²) in [6, 6.07) is 14.6. The summed E-state index contributed by atoms with van der Waals surface area (Å²) in [4.78, 5) is 29.6. The molecule has 1 heterocycles. The molecule has 0 aliphatic carbocycles. The summed E-state index contributed by atoms with van der Waals surface area (Å²) < 4.78 is 5.57. The van der Waals surface area contributed by atoms with E-state index < -0.39 is 17.7 Å². The van der Waals surface area contributed by atoms with Crippen LogP contribution in [0.15, 0.2) is 59.9 Å². The molecule has 0 saturated carbocycles. The lowest BCUT2D eigenvalue weighted by Crippen LogP contribution is -2.31. The molecule has 1 aliphatic heterocycles. The molecule has 2 aromatic carbocycles. The van der Waals surface area contributed by atoms with Gasteiger partial charge in [0.05, 0.1) is 18.2 Å². The predicted octanol–water partition coefficient (Wildman–Crippen LogP) is 4.27. The minimum absolute atomic E-state index is 0.165. The van der Waals surface area contributed by atoms with Crippen molar-refractivity contribution < 1.29 is 19.4 Å². The molecular weight excluding hydrogens is 392 g/mol. The third kappa shape index (κ3) is 4.58. The molecule has 0 bridgehead atoms. The Hall–Kier alpha value is -3.28. The first kappa shape index (κ1) is 22.4. The summed E-state index contributed by atoms with van der Waals surface area (Å²) in [7, 11) is 3.90. The van der Waals surface area contributed by atoms with E-state index in [1.165, 1.54) is 0 Å². The van der Waals surface area contributed by atoms with E-state index in [4.69, 9.17) is 4.74 Å². The number of rotatable bonds is 8. The van der Waals surface area contributed by atoms with Crippen molar-refractivity contribution in [3.8, 4) is 5.75 Å². The van der Waals surface area contributed by atoms with E-state index in [1.54, 1.807) is 18.7 Å². The van der Waals surface area contributed by atoms with E-state index in [0.717, 1.165) is 16.8 Å². The summed E-state index contributed by atoms with van der Waals surface area (Å²) in [6.45, 7) is 6.25. The smallest absolute Gasteiger partial charge is 0.290 e. The van der Waals surface area contributed by atoms with Gasteiger partial charge >= 0.3 is 0 Å². The monoisotopic (exact) mass is 422 g/mol. The van der Waals surface area contributed by atoms with Crippen LogP contribution in [0.25, 0.3) is 0 Å². The molecule has 0 saturated heterocycles. The van der Waals surface area contributed by atoms with E-state index in [1.807, 2.05) is 74.4 Å². The number of hydrogen-bond acceptors (Lipinski definition) is 5. The Morgan fingerprint density at radius 3 is 2.42 bits per heavy atom. The summed E-state index contributed by atoms with van der Waals surface area (Å²) in [6.07, 6.45) is 0. The van der Waals surface area contributed by atoms with Gasteiger partial charge in [0.2, 0.25) is 0 Å². The van der Waals surface area contributed by atoms with E-state index in [9.17, 15) is 14.7 Å². The number of hydrogen-bond donors (Lipinski definition) is 1. The van der Waals surface area contributed by atoms with Crippen molar-refractivity contribution in [2.75, 3.05) is 25.6 Å². The second-order valence-electron chi connectivity index (χ2n) is 8.18. The Balaban J connectivity index is 2.03. The Bertz CT molecular complexity index is 993. The zero-order valence-electron chi connectivity index (χ0n) is 18.8. The van der Waals surface area contributed by atoms with Crippen molar-refractivity contribution in [3.63, 3.8) is 0 Å². The van der Waals surface area contributed by atoms with Gasteiger partial charge in [-0.3, -0.25) is 9.59 Å². The van der Waals surface area contributed by atoms with Crippen LogP contribution in [0.3, 0.4) is 0 Å². The zero-order valence-corrected chi connectivity index (χ0v) is 18.8. The summed E-state index contributed by atoms with van der Waals surface area (Å²) in [5.41, 5.74) is 2.82. The van der Waals surface area contributed by atoms with Crippen LogP contribution in [0.5, 0.6) is 5.75 Å². The molecule has 0 radical (unpaired) electrons. The fraction of sp³-hybridized carbons (Fsp3) is 0.360. The van der Waals surface area contributed by atoms with E-state index in [0.29, 0.717) is 12.4 Å². The second-order valence-corrected chi connectivity index (χ2v) is 8.18. The van der Waals surface area contributed by atoms with Gasteiger partial charge in [-0.2, -0.15) is 0 Å². The molecule has 1 atom stereocenters. The standard InChI is InChI=1S/C25H30N2O4/c1-6-31-20-9-7-8-17(14-20)15-27-22(18-10-12-19(13-11-18)26(4)5)21(23(28)16(2)3)24(29)25(27)30/h7-14,16,22,29H,6,15H2,1-5H3. The van der Waals surface area contributed by atoms with E-state index in [-0.39, 0.29) is 23.8 Å². The summed E-state index contributed by atoms with van der Waals surface area (Å²) in [5.74, 6) is -0.837. The quantitative estimate of drug-likeness (QED) is 0.688. The maximum atomic E-state index is 13.0. The van der Waals surface area contributed by atoms with Gasteiger partial charge < -0.3 is 19.6 Å². The molecular formula is C25H30N2O4. The highest BCUT2D eigenvalue weighted by Crippen LogP contribution is 2.40. The van der Waals surface area contributed by atoms with Crippen molar-refractivity contribution in [2.45, 2.75) is 33.4 Å². The van der Waals surface area contributed by atoms with Crippen LogP contribution in [0.1, 0.15) is 37.9 Å². The topological polar surface area (TPSA) is 70.1 Å². The zero-order chi connectivity index (χ0) is 22.7. The van der Waals surface area contributed by atoms with Gasteiger partial charge in [-0.05, 0) is 42.3 Å². The van der Waals surface area contributed by atoms with Gasteiger partial charge in [0.25, 0.3) is 5.91 Å². The SMILES string of the molecule is CCOc1cccc(CN2C(=O)C(O)=C(C(=O)C(C)C)C2c2ccc(N(C)C)cc2)c1. The van der Waals surface area contributed by atoms with E-state index in [2.05, 4.69) is 0 Å². The van der Waals surface area contributed by atoms with Crippen molar-refractivity contribution in [1.82, 2.24) is 4.90 Å². The van der Waals surface area contributed by atoms with Crippen LogP contribution in [-0.2, 0) is 16.1 Å². The average molecular weight is 423 g/mol. The number of anilines is 1. The number of amides is 1. The molecule has 0 fully saturated rings. The molecule has 6 nitrogen and oxygen atoms in total. The maximum Gasteiger partial charge on any atom is 0.290 e. The number of carbonyl (C=O) groups is 2. The highest BCUT2D eigenvalue weighted by Gasteiger charge is 2.43. The first-order valence-corrected chi connectivity index (χ1v) is 10.5. The van der Waals surface area contributed by atoms with Crippen molar-refractivity contribution in [3.05, 3.63) is 71.0 Å². The minimum Gasteiger partial charge on any atom is -0.503 e. The lowest BCUT2D eigenvalue weighted by molar-refractivity contribution is -0.130. The number of ether oxygens (including phenoxy) is 1. The van der Waals surface area contributed by atoms with Gasteiger partial charge in [-0.25, -0.2) is 0 Å². The van der Waals surface area contributed by atoms with Crippen molar-refractivity contribution in [1.29, 1.82) is 0 Å². The van der Waals surface area contributed by atoms with Crippen LogP contribution < -0.4 is 9.64 Å². The van der Waals surface area contributed by atoms with Crippen molar-refractivity contribution >= 4 is 17.4 Å². The Morgan fingerprint density at radius 2 is 1.84 bits per heavy atom. The first-order chi connectivity index (χ1) is 14.7. The first-order valence-electron chi connectivity index (χ1n) is 10.5. The molecule has 0 spiro atoms. The number of carbonyl (C=O) groups excluding carboxylic acids is 2. The van der Waals surface area contributed by atoms with Crippen LogP contribution in [0.4, 0.5) is 5.69 Å². The molecule has 2 aromatic rings. The number of benzene rings is 2.